The Balaban J connectivity index is 2.34. The molecule has 1 atom stereocenters. The zero-order chi connectivity index (χ0) is 11.1. The molecule has 1 unspecified atom stereocenters. The minimum absolute atomic E-state index is 0.0155. The van der Waals surface area contributed by atoms with Gasteiger partial charge >= 0.3 is 5.97 Å². The van der Waals surface area contributed by atoms with Crippen LogP contribution in [0.1, 0.15) is 18.9 Å². The highest BCUT2D eigenvalue weighted by Gasteiger charge is 2.13. The normalized spacial score (nSPS) is 12.1. The van der Waals surface area contributed by atoms with E-state index in [1.165, 1.54) is 0 Å². The van der Waals surface area contributed by atoms with E-state index in [4.69, 9.17) is 9.84 Å². The predicted molar refractivity (Wildman–Crippen MR) is 57.1 cm³/mol. The maximum Gasteiger partial charge on any atom is 0.309 e. The van der Waals surface area contributed by atoms with Gasteiger partial charge < -0.3 is 9.84 Å². The van der Waals surface area contributed by atoms with Crippen molar-refractivity contribution >= 4 is 5.97 Å². The Kier molecular flexibility index (Phi) is 4.84. The molecule has 3 heteroatoms. The lowest BCUT2D eigenvalue weighted by Gasteiger charge is -2.09. The highest BCUT2D eigenvalue weighted by Crippen LogP contribution is 2.07. The topological polar surface area (TPSA) is 46.5 Å². The number of benzene rings is 1. The second-order valence-corrected chi connectivity index (χ2v) is 3.51. The highest BCUT2D eigenvalue weighted by molar-refractivity contribution is 5.71. The molecule has 0 saturated heterocycles. The van der Waals surface area contributed by atoms with Gasteiger partial charge in [0, 0.05) is 6.61 Å². The van der Waals surface area contributed by atoms with Gasteiger partial charge in [-0.15, -0.1) is 0 Å². The number of carbonyl (C=O) groups is 1. The molecule has 0 bridgehead atoms. The van der Waals surface area contributed by atoms with Crippen LogP contribution in [0.3, 0.4) is 0 Å². The fraction of sp³-hybridized carbons (Fsp3) is 0.417. The second-order valence-electron chi connectivity index (χ2n) is 3.51. The number of aliphatic hydroxyl groups is 1. The molecule has 0 aliphatic rings. The Bertz CT molecular complexity index is 295. The number of carbonyl (C=O) groups excluding carboxylic acids is 1. The molecule has 0 aliphatic carbocycles. The average Bonchev–Trinajstić information content (AvgIpc) is 2.27. The SMILES string of the molecule is CC(CCO)C(=O)OCc1ccccc1. The van der Waals surface area contributed by atoms with Crippen LogP contribution in [0.15, 0.2) is 30.3 Å². The van der Waals surface area contributed by atoms with Crippen molar-refractivity contribution in [1.82, 2.24) is 0 Å². The summed E-state index contributed by atoms with van der Waals surface area (Å²) in [7, 11) is 0. The van der Waals surface area contributed by atoms with Crippen molar-refractivity contribution in [2.45, 2.75) is 20.0 Å². The van der Waals surface area contributed by atoms with Gasteiger partial charge in [0.15, 0.2) is 0 Å². The Hall–Kier alpha value is -1.35. The van der Waals surface area contributed by atoms with Crippen molar-refractivity contribution < 1.29 is 14.6 Å². The molecule has 0 spiro atoms. The van der Waals surface area contributed by atoms with E-state index in [1.54, 1.807) is 6.92 Å². The van der Waals surface area contributed by atoms with E-state index in [0.717, 1.165) is 5.56 Å². The van der Waals surface area contributed by atoms with Crippen molar-refractivity contribution in [3.63, 3.8) is 0 Å². The van der Waals surface area contributed by atoms with Gasteiger partial charge in [-0.2, -0.15) is 0 Å². The van der Waals surface area contributed by atoms with Crippen LogP contribution in [0.4, 0.5) is 0 Å². The largest absolute Gasteiger partial charge is 0.461 e. The molecule has 15 heavy (non-hydrogen) atoms. The fourth-order valence-electron chi connectivity index (χ4n) is 1.18. The molecule has 82 valence electrons. The molecule has 0 fully saturated rings. The van der Waals surface area contributed by atoms with Gasteiger partial charge in [0.25, 0.3) is 0 Å². The molecule has 0 heterocycles. The smallest absolute Gasteiger partial charge is 0.309 e. The molecule has 0 aliphatic heterocycles. The molecule has 0 radical (unpaired) electrons. The fourth-order valence-corrected chi connectivity index (χ4v) is 1.18. The van der Waals surface area contributed by atoms with E-state index in [0.29, 0.717) is 13.0 Å². The second kappa shape index (κ2) is 6.19. The molecular formula is C12H16O3. The van der Waals surface area contributed by atoms with Crippen LogP contribution < -0.4 is 0 Å². The van der Waals surface area contributed by atoms with E-state index < -0.39 is 0 Å². The lowest BCUT2D eigenvalue weighted by molar-refractivity contribution is -0.149. The molecule has 0 saturated carbocycles. The summed E-state index contributed by atoms with van der Waals surface area (Å²) in [5, 5.41) is 8.66. The van der Waals surface area contributed by atoms with Gasteiger partial charge in [-0.25, -0.2) is 0 Å². The number of rotatable bonds is 5. The predicted octanol–water partition coefficient (Wildman–Crippen LogP) is 1.75. The molecule has 3 nitrogen and oxygen atoms in total. The van der Waals surface area contributed by atoms with Gasteiger partial charge in [-0.3, -0.25) is 4.79 Å². The zero-order valence-corrected chi connectivity index (χ0v) is 8.85. The van der Waals surface area contributed by atoms with Crippen molar-refractivity contribution in [3.05, 3.63) is 35.9 Å². The summed E-state index contributed by atoms with van der Waals surface area (Å²) in [6.07, 6.45) is 0.452. The first kappa shape index (κ1) is 11.7. The van der Waals surface area contributed by atoms with E-state index >= 15 is 0 Å². The maximum absolute atomic E-state index is 11.4. The maximum atomic E-state index is 11.4. The summed E-state index contributed by atoms with van der Waals surface area (Å²) in [6, 6.07) is 9.54. The lowest BCUT2D eigenvalue weighted by Crippen LogP contribution is -2.15. The van der Waals surface area contributed by atoms with Crippen LogP contribution in [-0.4, -0.2) is 17.7 Å². The van der Waals surface area contributed by atoms with Crippen LogP contribution in [0.2, 0.25) is 0 Å². The van der Waals surface area contributed by atoms with Gasteiger partial charge in [0.05, 0.1) is 5.92 Å². The summed E-state index contributed by atoms with van der Waals surface area (Å²) in [6.45, 7) is 2.07. The first-order valence-electron chi connectivity index (χ1n) is 5.05. The molecule has 1 N–H and O–H groups in total. The van der Waals surface area contributed by atoms with Crippen LogP contribution in [0.5, 0.6) is 0 Å². The average molecular weight is 208 g/mol. The quantitative estimate of drug-likeness (QED) is 0.750. The van der Waals surface area contributed by atoms with Crippen molar-refractivity contribution in [2.75, 3.05) is 6.61 Å². The summed E-state index contributed by atoms with van der Waals surface area (Å²) in [5.74, 6) is -0.494. The molecular weight excluding hydrogens is 192 g/mol. The number of aliphatic hydroxyl groups excluding tert-OH is 1. The third kappa shape index (κ3) is 4.13. The van der Waals surface area contributed by atoms with Crippen LogP contribution in [-0.2, 0) is 16.1 Å². The van der Waals surface area contributed by atoms with Crippen molar-refractivity contribution in [2.24, 2.45) is 5.92 Å². The van der Waals surface area contributed by atoms with Gasteiger partial charge in [0.1, 0.15) is 6.61 Å². The molecule has 1 aromatic rings. The Morgan fingerprint density at radius 3 is 2.67 bits per heavy atom. The van der Waals surface area contributed by atoms with E-state index in [1.807, 2.05) is 30.3 Å². The molecule has 1 rings (SSSR count). The highest BCUT2D eigenvalue weighted by atomic mass is 16.5. The number of ether oxygens (including phenoxy) is 1. The Labute approximate surface area is 89.7 Å². The summed E-state index contributed by atoms with van der Waals surface area (Å²) in [4.78, 5) is 11.4. The van der Waals surface area contributed by atoms with Gasteiger partial charge in [-0.05, 0) is 12.0 Å². The van der Waals surface area contributed by atoms with E-state index in [9.17, 15) is 4.79 Å². The van der Waals surface area contributed by atoms with Crippen molar-refractivity contribution in [1.29, 1.82) is 0 Å². The molecule has 0 aromatic heterocycles. The van der Waals surface area contributed by atoms with E-state index in [-0.39, 0.29) is 18.5 Å². The monoisotopic (exact) mass is 208 g/mol. The summed E-state index contributed by atoms with van der Waals surface area (Å²) < 4.78 is 5.09. The zero-order valence-electron chi connectivity index (χ0n) is 8.85. The van der Waals surface area contributed by atoms with Crippen LogP contribution in [0.25, 0.3) is 0 Å². The number of hydrogen-bond donors (Lipinski definition) is 1. The Morgan fingerprint density at radius 2 is 2.07 bits per heavy atom. The first-order valence-corrected chi connectivity index (χ1v) is 5.05. The third-order valence-electron chi connectivity index (χ3n) is 2.19. The number of esters is 1. The van der Waals surface area contributed by atoms with Crippen LogP contribution in [0, 0.1) is 5.92 Å². The Morgan fingerprint density at radius 1 is 1.40 bits per heavy atom. The lowest BCUT2D eigenvalue weighted by atomic mass is 10.1. The number of hydrogen-bond acceptors (Lipinski definition) is 3. The van der Waals surface area contributed by atoms with Gasteiger partial charge in [0.2, 0.25) is 0 Å². The summed E-state index contributed by atoms with van der Waals surface area (Å²) >= 11 is 0. The van der Waals surface area contributed by atoms with Gasteiger partial charge in [-0.1, -0.05) is 37.3 Å². The van der Waals surface area contributed by atoms with Crippen molar-refractivity contribution in [3.8, 4) is 0 Å². The molecule has 1 aromatic carbocycles. The minimum Gasteiger partial charge on any atom is -0.461 e. The van der Waals surface area contributed by atoms with E-state index in [2.05, 4.69) is 0 Å². The first-order chi connectivity index (χ1) is 7.24. The van der Waals surface area contributed by atoms with Crippen LogP contribution >= 0.6 is 0 Å². The summed E-state index contributed by atoms with van der Waals surface area (Å²) in [5.41, 5.74) is 0.974. The third-order valence-corrected chi connectivity index (χ3v) is 2.19. The minimum atomic E-state index is -0.257. The molecule has 0 amide bonds. The standard InChI is InChI=1S/C12H16O3/c1-10(7-8-13)12(14)15-9-11-5-3-2-4-6-11/h2-6,10,13H,7-9H2,1H3.